The van der Waals surface area contributed by atoms with Crippen molar-refractivity contribution in [3.63, 3.8) is 0 Å². The summed E-state index contributed by atoms with van der Waals surface area (Å²) in [6.07, 6.45) is 16.3. The first-order chi connectivity index (χ1) is 16.3. The molecule has 4 aromatic heterocycles. The van der Waals surface area contributed by atoms with Crippen molar-refractivity contribution in [1.82, 2.24) is 24.5 Å². The van der Waals surface area contributed by atoms with E-state index < -0.39 is 0 Å². The first-order valence-electron chi connectivity index (χ1n) is 12.1. The van der Waals surface area contributed by atoms with Crippen LogP contribution in [0.25, 0.3) is 20.7 Å². The summed E-state index contributed by atoms with van der Waals surface area (Å²) in [7, 11) is 0. The predicted molar refractivity (Wildman–Crippen MR) is 127 cm³/mol. The van der Waals surface area contributed by atoms with Gasteiger partial charge < -0.3 is 9.47 Å². The minimum absolute atomic E-state index is 0.391. The third kappa shape index (κ3) is 3.65. The topological polar surface area (TPSA) is 67.0 Å². The number of fused-ring (bicyclic) bond motifs is 1. The van der Waals surface area contributed by atoms with Crippen LogP contribution in [0, 0.1) is 0 Å². The second-order valence-electron chi connectivity index (χ2n) is 9.51. The standard InChI is InChI=1S/C25H27N5O2S/c1-2-18(3-1)29-14-17(13-27-29)23-12-20-25(33-23)21(6-9-26-20)32-22-15-30(19-4-5-19)28-24(22)16-7-10-31-11-8-16/h6,9,12-16,18-19H,1-5,7-8,10-11H2. The van der Waals surface area contributed by atoms with E-state index in [9.17, 15) is 0 Å². The summed E-state index contributed by atoms with van der Waals surface area (Å²) in [5, 5.41) is 9.58. The average Bonchev–Trinajstić information content (AvgIpc) is 3.20. The van der Waals surface area contributed by atoms with Crippen LogP contribution in [0.15, 0.2) is 36.9 Å². The summed E-state index contributed by atoms with van der Waals surface area (Å²) in [6.45, 7) is 1.59. The van der Waals surface area contributed by atoms with Crippen molar-refractivity contribution in [2.45, 2.75) is 62.9 Å². The molecule has 0 amide bonds. The molecule has 7 nitrogen and oxygen atoms in total. The van der Waals surface area contributed by atoms with Crippen molar-refractivity contribution < 1.29 is 9.47 Å². The first-order valence-corrected chi connectivity index (χ1v) is 12.9. The lowest BCUT2D eigenvalue weighted by molar-refractivity contribution is 0.0839. The Labute approximate surface area is 196 Å². The van der Waals surface area contributed by atoms with Crippen molar-refractivity contribution in [2.24, 2.45) is 0 Å². The number of hydrogen-bond donors (Lipinski definition) is 0. The minimum Gasteiger partial charge on any atom is -0.452 e. The van der Waals surface area contributed by atoms with Gasteiger partial charge in [0.25, 0.3) is 0 Å². The molecular weight excluding hydrogens is 434 g/mol. The van der Waals surface area contributed by atoms with Gasteiger partial charge in [0.05, 0.1) is 34.7 Å². The number of ether oxygens (including phenoxy) is 2. The predicted octanol–water partition coefficient (Wildman–Crippen LogP) is 6.10. The van der Waals surface area contributed by atoms with E-state index in [2.05, 4.69) is 37.9 Å². The molecule has 170 valence electrons. The molecule has 33 heavy (non-hydrogen) atoms. The van der Waals surface area contributed by atoms with Gasteiger partial charge in [-0.1, -0.05) is 0 Å². The Bertz CT molecular complexity index is 1290. The highest BCUT2D eigenvalue weighted by Crippen LogP contribution is 2.43. The number of pyridine rings is 1. The Morgan fingerprint density at radius 2 is 1.82 bits per heavy atom. The molecule has 1 aliphatic heterocycles. The van der Waals surface area contributed by atoms with Crippen molar-refractivity contribution in [2.75, 3.05) is 13.2 Å². The van der Waals surface area contributed by atoms with Crippen LogP contribution in [0.3, 0.4) is 0 Å². The van der Waals surface area contributed by atoms with Crippen LogP contribution < -0.4 is 4.74 Å². The summed E-state index contributed by atoms with van der Waals surface area (Å²) >= 11 is 1.73. The minimum atomic E-state index is 0.391. The lowest BCUT2D eigenvalue weighted by Gasteiger charge is -2.25. The van der Waals surface area contributed by atoms with Gasteiger partial charge in [-0.2, -0.15) is 10.2 Å². The van der Waals surface area contributed by atoms with E-state index in [1.807, 2.05) is 18.5 Å². The lowest BCUT2D eigenvalue weighted by atomic mass is 9.93. The highest BCUT2D eigenvalue weighted by Gasteiger charge is 2.30. The second kappa shape index (κ2) is 7.95. The van der Waals surface area contributed by atoms with Crippen molar-refractivity contribution in [1.29, 1.82) is 0 Å². The zero-order valence-corrected chi connectivity index (χ0v) is 19.3. The van der Waals surface area contributed by atoms with Crippen LogP contribution in [0.2, 0.25) is 0 Å². The van der Waals surface area contributed by atoms with E-state index >= 15 is 0 Å². The van der Waals surface area contributed by atoms with Crippen LogP contribution in [0.4, 0.5) is 0 Å². The highest BCUT2D eigenvalue weighted by molar-refractivity contribution is 7.22. The van der Waals surface area contributed by atoms with Gasteiger partial charge in [-0.3, -0.25) is 14.3 Å². The smallest absolute Gasteiger partial charge is 0.168 e. The Balaban J connectivity index is 1.22. The molecule has 2 aliphatic carbocycles. The van der Waals surface area contributed by atoms with E-state index in [-0.39, 0.29) is 0 Å². The van der Waals surface area contributed by atoms with Crippen molar-refractivity contribution >= 4 is 21.6 Å². The van der Waals surface area contributed by atoms with Gasteiger partial charge in [-0.25, -0.2) is 0 Å². The maximum atomic E-state index is 6.58. The molecule has 0 spiro atoms. The SMILES string of the molecule is c1cc(Oc2cn(C3CC3)nc2C2CCOCC2)c2sc(-c3cnn(C4CCC4)c3)cc2n1. The van der Waals surface area contributed by atoms with Crippen LogP contribution in [-0.2, 0) is 4.74 Å². The molecule has 0 bridgehead atoms. The molecule has 8 heteroatoms. The molecule has 0 N–H and O–H groups in total. The number of hydrogen-bond acceptors (Lipinski definition) is 6. The quantitative estimate of drug-likeness (QED) is 0.347. The van der Waals surface area contributed by atoms with Crippen LogP contribution in [0.1, 0.15) is 68.6 Å². The normalized spacial score (nSPS) is 19.8. The summed E-state index contributed by atoms with van der Waals surface area (Å²) in [5.41, 5.74) is 3.19. The zero-order valence-electron chi connectivity index (χ0n) is 18.5. The van der Waals surface area contributed by atoms with E-state index in [0.717, 1.165) is 59.0 Å². The van der Waals surface area contributed by atoms with Gasteiger partial charge in [-0.15, -0.1) is 11.3 Å². The van der Waals surface area contributed by atoms with Gasteiger partial charge in [0, 0.05) is 48.0 Å². The first kappa shape index (κ1) is 19.7. The Hall–Kier alpha value is -2.71. The molecule has 7 rings (SSSR count). The van der Waals surface area contributed by atoms with E-state index in [0.29, 0.717) is 18.0 Å². The maximum absolute atomic E-state index is 6.58. The average molecular weight is 462 g/mol. The maximum Gasteiger partial charge on any atom is 0.168 e. The molecule has 5 heterocycles. The largest absolute Gasteiger partial charge is 0.452 e. The molecule has 0 atom stereocenters. The number of aromatic nitrogens is 5. The van der Waals surface area contributed by atoms with E-state index in [4.69, 9.17) is 14.6 Å². The Kier molecular flexibility index (Phi) is 4.76. The van der Waals surface area contributed by atoms with Crippen molar-refractivity contribution in [3.05, 3.63) is 42.6 Å². The van der Waals surface area contributed by atoms with Crippen LogP contribution in [0.5, 0.6) is 11.5 Å². The fourth-order valence-corrected chi connectivity index (χ4v) is 5.86. The zero-order chi connectivity index (χ0) is 21.8. The van der Waals surface area contributed by atoms with Gasteiger partial charge in [0.15, 0.2) is 5.75 Å². The van der Waals surface area contributed by atoms with Crippen LogP contribution in [-0.4, -0.2) is 37.8 Å². The molecule has 0 aromatic carbocycles. The summed E-state index contributed by atoms with van der Waals surface area (Å²) in [5.74, 6) is 2.13. The number of nitrogens with zero attached hydrogens (tertiary/aromatic N) is 5. The molecule has 4 aromatic rings. The van der Waals surface area contributed by atoms with E-state index in [1.165, 1.54) is 37.0 Å². The molecule has 3 aliphatic rings. The molecule has 1 saturated heterocycles. The van der Waals surface area contributed by atoms with Crippen LogP contribution >= 0.6 is 11.3 Å². The summed E-state index contributed by atoms with van der Waals surface area (Å²) in [4.78, 5) is 5.80. The second-order valence-corrected chi connectivity index (χ2v) is 10.6. The van der Waals surface area contributed by atoms with Gasteiger partial charge in [0.1, 0.15) is 11.4 Å². The molecule has 2 saturated carbocycles. The number of rotatable bonds is 6. The Morgan fingerprint density at radius 1 is 0.970 bits per heavy atom. The molecule has 0 radical (unpaired) electrons. The van der Waals surface area contributed by atoms with E-state index in [1.54, 1.807) is 11.3 Å². The fourth-order valence-electron chi connectivity index (χ4n) is 4.82. The highest BCUT2D eigenvalue weighted by atomic mass is 32.1. The number of thiophene rings is 1. The van der Waals surface area contributed by atoms with Crippen molar-refractivity contribution in [3.8, 4) is 21.9 Å². The third-order valence-corrected chi connectivity index (χ3v) is 8.37. The lowest BCUT2D eigenvalue weighted by Crippen LogP contribution is -2.16. The van der Waals surface area contributed by atoms with Gasteiger partial charge in [-0.05, 0) is 51.0 Å². The molecule has 0 unspecified atom stereocenters. The molecular formula is C25H27N5O2S. The summed E-state index contributed by atoms with van der Waals surface area (Å²) < 4.78 is 17.5. The fraction of sp³-hybridized carbons (Fsp3) is 0.480. The summed E-state index contributed by atoms with van der Waals surface area (Å²) in [6, 6.07) is 5.22. The Morgan fingerprint density at radius 3 is 2.61 bits per heavy atom. The monoisotopic (exact) mass is 461 g/mol. The van der Waals surface area contributed by atoms with Gasteiger partial charge in [0.2, 0.25) is 0 Å². The molecule has 3 fully saturated rings. The van der Waals surface area contributed by atoms with Gasteiger partial charge >= 0.3 is 0 Å². The third-order valence-electron chi connectivity index (χ3n) is 7.18.